The van der Waals surface area contributed by atoms with Gasteiger partial charge in [-0.05, 0) is 26.2 Å². The second-order valence-electron chi connectivity index (χ2n) is 6.64. The van der Waals surface area contributed by atoms with Crippen molar-refractivity contribution in [1.29, 1.82) is 0 Å². The van der Waals surface area contributed by atoms with E-state index in [2.05, 4.69) is 25.1 Å². The normalized spacial score (nSPS) is 11.8. The molecule has 31 heavy (non-hydrogen) atoms. The van der Waals surface area contributed by atoms with E-state index in [-0.39, 0.29) is 43.5 Å². The number of nitrogens with two attached hydrogens (primary N) is 1. The van der Waals surface area contributed by atoms with Gasteiger partial charge < -0.3 is 35.3 Å². The van der Waals surface area contributed by atoms with Crippen molar-refractivity contribution in [3.05, 3.63) is 0 Å². The number of amides is 2. The highest BCUT2D eigenvalue weighted by molar-refractivity contribution is 7.13. The molecule has 0 aromatic rings. The molecule has 0 spiro atoms. The van der Waals surface area contributed by atoms with Gasteiger partial charge in [-0.2, -0.15) is 0 Å². The van der Waals surface area contributed by atoms with Crippen LogP contribution in [0.25, 0.3) is 0 Å². The lowest BCUT2D eigenvalue weighted by atomic mass is 10.1. The summed E-state index contributed by atoms with van der Waals surface area (Å²) in [5.74, 6) is -0.309. The third-order valence-electron chi connectivity index (χ3n) is 3.97. The number of ketones is 1. The predicted octanol–water partition coefficient (Wildman–Crippen LogP) is -1.25. The van der Waals surface area contributed by atoms with Gasteiger partial charge in [-0.3, -0.25) is 19.5 Å². The second kappa shape index (κ2) is 22.0. The highest BCUT2D eigenvalue weighted by Crippen LogP contribution is 2.03. The van der Waals surface area contributed by atoms with E-state index in [0.717, 1.165) is 19.3 Å². The minimum absolute atomic E-state index is 0.0317. The van der Waals surface area contributed by atoms with Crippen LogP contribution in [0.5, 0.6) is 0 Å². The Morgan fingerprint density at radius 3 is 1.90 bits per heavy atom. The van der Waals surface area contributed by atoms with Crippen LogP contribution in [0, 0.1) is 0 Å². The molecule has 0 aromatic heterocycles. The van der Waals surface area contributed by atoms with E-state index >= 15 is 0 Å². The smallest absolute Gasteiger partial charge is 0.246 e. The molecule has 12 heteroatoms. The number of nitrogens with one attached hydrogen (secondary N) is 3. The number of hydrogen-bond acceptors (Lipinski definition) is 9. The van der Waals surface area contributed by atoms with Crippen LogP contribution in [0.2, 0.25) is 0 Å². The molecule has 0 rings (SSSR count). The zero-order chi connectivity index (χ0) is 23.2. The maximum absolute atomic E-state index is 11.7. The van der Waals surface area contributed by atoms with E-state index in [4.69, 9.17) is 24.7 Å². The van der Waals surface area contributed by atoms with E-state index in [1.54, 1.807) is 6.92 Å². The van der Waals surface area contributed by atoms with Gasteiger partial charge in [0.25, 0.3) is 0 Å². The van der Waals surface area contributed by atoms with Crippen molar-refractivity contribution < 1.29 is 33.3 Å². The Morgan fingerprint density at radius 2 is 1.35 bits per heavy atom. The Morgan fingerprint density at radius 1 is 0.806 bits per heavy atom. The summed E-state index contributed by atoms with van der Waals surface area (Å²) in [5.41, 5.74) is 5.28. The summed E-state index contributed by atoms with van der Waals surface area (Å²) < 4.78 is 20.8. The fourth-order valence-electron chi connectivity index (χ4n) is 2.32. The fraction of sp³-hybridized carbons (Fsp3) is 0.842. The van der Waals surface area contributed by atoms with E-state index in [0.29, 0.717) is 52.7 Å². The Labute approximate surface area is 187 Å². The summed E-state index contributed by atoms with van der Waals surface area (Å²) >= 11 is 0. The number of carbonyl (C=O) groups excluding carboxylic acids is 3. The molecular formula is C19H39N4O7P. The minimum atomic E-state index is -0.225. The van der Waals surface area contributed by atoms with E-state index in [9.17, 15) is 14.4 Å². The zero-order valence-electron chi connectivity index (χ0n) is 18.5. The van der Waals surface area contributed by atoms with Gasteiger partial charge in [-0.15, -0.1) is 0 Å². The van der Waals surface area contributed by atoms with Crippen molar-refractivity contribution in [2.45, 2.75) is 32.2 Å². The van der Waals surface area contributed by atoms with Crippen molar-refractivity contribution >= 4 is 27.0 Å². The van der Waals surface area contributed by atoms with Gasteiger partial charge in [0.15, 0.2) is 0 Å². The Balaban J connectivity index is 3.38. The largest absolute Gasteiger partial charge is 0.378 e. The molecule has 0 aliphatic heterocycles. The Kier molecular flexibility index (Phi) is 21.2. The molecule has 5 N–H and O–H groups in total. The van der Waals surface area contributed by atoms with Crippen LogP contribution in [0.15, 0.2) is 0 Å². The summed E-state index contributed by atoms with van der Waals surface area (Å²) in [5, 5.41) is 8.32. The lowest BCUT2D eigenvalue weighted by molar-refractivity contribution is -0.127. The standard InChI is InChI=1S/C19H39N4O7P/c1-16(24)17(23-31)4-2-3-6-21-18(25)14-30-13-11-28-9-7-22-19(26)15-29-12-10-27-8-5-20/h17,23H,2-15,20,31H2,1H3,(H,21,25)(H,22,26). The van der Waals surface area contributed by atoms with Crippen LogP contribution in [0.3, 0.4) is 0 Å². The molecule has 0 aliphatic rings. The van der Waals surface area contributed by atoms with Crippen LogP contribution >= 0.6 is 9.39 Å². The molecule has 2 atom stereocenters. The molecule has 2 amide bonds. The molecule has 0 aliphatic carbocycles. The highest BCUT2D eigenvalue weighted by atomic mass is 31.0. The first-order valence-corrected chi connectivity index (χ1v) is 11.1. The number of rotatable bonds is 22. The summed E-state index contributed by atoms with van der Waals surface area (Å²) in [7, 11) is 2.36. The van der Waals surface area contributed by atoms with Gasteiger partial charge in [0.1, 0.15) is 19.0 Å². The number of ether oxygens (including phenoxy) is 4. The van der Waals surface area contributed by atoms with Crippen LogP contribution in [0.4, 0.5) is 0 Å². The first-order valence-electron chi connectivity index (χ1n) is 10.5. The average molecular weight is 467 g/mol. The number of unbranched alkanes of at least 4 members (excludes halogenated alkanes) is 1. The van der Waals surface area contributed by atoms with Crippen molar-refractivity contribution in [1.82, 2.24) is 15.7 Å². The number of hydrogen-bond donors (Lipinski definition) is 4. The third kappa shape index (κ3) is 20.5. The third-order valence-corrected chi connectivity index (χ3v) is 4.38. The molecular weight excluding hydrogens is 427 g/mol. The van der Waals surface area contributed by atoms with Gasteiger partial charge in [0, 0.05) is 19.6 Å². The fourth-order valence-corrected chi connectivity index (χ4v) is 2.72. The molecule has 0 bridgehead atoms. The van der Waals surface area contributed by atoms with Crippen molar-refractivity contribution in [3.8, 4) is 0 Å². The zero-order valence-corrected chi connectivity index (χ0v) is 19.6. The van der Waals surface area contributed by atoms with Gasteiger partial charge >= 0.3 is 0 Å². The number of carbonyl (C=O) groups is 3. The molecule has 0 fully saturated rings. The first kappa shape index (κ1) is 29.8. The quantitative estimate of drug-likeness (QED) is 0.113. The second-order valence-corrected chi connectivity index (χ2v) is 6.98. The van der Waals surface area contributed by atoms with E-state index in [1.165, 1.54) is 0 Å². The van der Waals surface area contributed by atoms with Crippen LogP contribution in [-0.2, 0) is 33.3 Å². The van der Waals surface area contributed by atoms with Crippen molar-refractivity contribution in [3.63, 3.8) is 0 Å². The lowest BCUT2D eigenvalue weighted by Gasteiger charge is -2.12. The number of Topliss-reactive ketones (excluding diaryl/α,β-unsaturated/α-hetero) is 1. The maximum atomic E-state index is 11.7. The molecule has 11 nitrogen and oxygen atoms in total. The van der Waals surface area contributed by atoms with Crippen LogP contribution < -0.4 is 21.5 Å². The monoisotopic (exact) mass is 466 g/mol. The lowest BCUT2D eigenvalue weighted by Crippen LogP contribution is -2.31. The highest BCUT2D eigenvalue weighted by Gasteiger charge is 2.10. The summed E-state index contributed by atoms with van der Waals surface area (Å²) in [6, 6.07) is -0.155. The SMILES string of the molecule is CC(=O)C(CCCCNC(=O)COCCOCCNC(=O)COCCOCCN)NP. The topological polar surface area (TPSA) is 150 Å². The summed E-state index contributed by atoms with van der Waals surface area (Å²) in [4.78, 5) is 34.4. The molecule has 0 heterocycles. The maximum Gasteiger partial charge on any atom is 0.246 e. The van der Waals surface area contributed by atoms with Gasteiger partial charge in [0.2, 0.25) is 11.8 Å². The molecule has 0 saturated carbocycles. The molecule has 182 valence electrons. The van der Waals surface area contributed by atoms with Crippen molar-refractivity contribution in [2.24, 2.45) is 5.73 Å². The van der Waals surface area contributed by atoms with Crippen molar-refractivity contribution in [2.75, 3.05) is 72.5 Å². The Hall–Kier alpha value is -1.20. The Bertz CT molecular complexity index is 486. The summed E-state index contributed by atoms with van der Waals surface area (Å²) in [6.45, 7) is 5.03. The molecule has 0 aromatic carbocycles. The first-order chi connectivity index (χ1) is 15.0. The van der Waals surface area contributed by atoms with Gasteiger partial charge in [-0.1, -0.05) is 9.39 Å². The van der Waals surface area contributed by atoms with E-state index < -0.39 is 0 Å². The van der Waals surface area contributed by atoms with E-state index in [1.807, 2.05) is 0 Å². The molecule has 0 radical (unpaired) electrons. The van der Waals surface area contributed by atoms with Gasteiger partial charge in [0.05, 0.1) is 45.7 Å². The molecule has 2 unspecified atom stereocenters. The average Bonchev–Trinajstić information content (AvgIpc) is 2.74. The van der Waals surface area contributed by atoms with Gasteiger partial charge in [-0.25, -0.2) is 0 Å². The predicted molar refractivity (Wildman–Crippen MR) is 120 cm³/mol. The van der Waals surface area contributed by atoms with Crippen LogP contribution in [-0.4, -0.2) is 96.1 Å². The molecule has 0 saturated heterocycles. The van der Waals surface area contributed by atoms with Crippen LogP contribution in [0.1, 0.15) is 26.2 Å². The minimum Gasteiger partial charge on any atom is -0.378 e. The summed E-state index contributed by atoms with van der Waals surface area (Å²) in [6.07, 6.45) is 2.37.